The second-order valence-corrected chi connectivity index (χ2v) is 6.56. The van der Waals surface area contributed by atoms with Crippen LogP contribution in [0.3, 0.4) is 0 Å². The van der Waals surface area contributed by atoms with Crippen LogP contribution in [0.4, 0.5) is 0 Å². The normalized spacial score (nSPS) is 12.7. The van der Waals surface area contributed by atoms with E-state index in [0.717, 1.165) is 0 Å². The van der Waals surface area contributed by atoms with E-state index in [1.165, 1.54) is 26.4 Å². The monoisotopic (exact) mass is 337 g/mol. The Kier molecular flexibility index (Phi) is 5.59. The maximum Gasteiger partial charge on any atom is 0.240 e. The van der Waals surface area contributed by atoms with E-state index < -0.39 is 16.1 Å². The van der Waals surface area contributed by atoms with E-state index in [-0.39, 0.29) is 11.4 Å². The maximum absolute atomic E-state index is 12.1. The fourth-order valence-electron chi connectivity index (χ4n) is 2.05. The highest BCUT2D eigenvalue weighted by atomic mass is 32.2. The van der Waals surface area contributed by atoms with Gasteiger partial charge in [0.25, 0.3) is 0 Å². The summed E-state index contributed by atoms with van der Waals surface area (Å²) in [6.07, 6.45) is -1.01. The van der Waals surface area contributed by atoms with Gasteiger partial charge in [0.2, 0.25) is 10.0 Å². The number of methoxy groups -OCH3 is 2. The van der Waals surface area contributed by atoms with Gasteiger partial charge in [0.15, 0.2) is 11.5 Å². The molecule has 0 amide bonds. The lowest BCUT2D eigenvalue weighted by atomic mass is 10.1. The number of sulfonamides is 1. The van der Waals surface area contributed by atoms with Crippen LogP contribution in [0.2, 0.25) is 0 Å². The van der Waals surface area contributed by atoms with Gasteiger partial charge in [-0.1, -0.05) is 24.3 Å². The third-order valence-electron chi connectivity index (χ3n) is 3.31. The minimum absolute atomic E-state index is 0.146. The lowest BCUT2D eigenvalue weighted by Gasteiger charge is -2.15. The molecule has 0 aliphatic heterocycles. The summed E-state index contributed by atoms with van der Waals surface area (Å²) >= 11 is 0. The average Bonchev–Trinajstić information content (AvgIpc) is 2.59. The maximum atomic E-state index is 12.1. The molecule has 7 heteroatoms. The van der Waals surface area contributed by atoms with E-state index in [1.54, 1.807) is 36.4 Å². The van der Waals surface area contributed by atoms with Gasteiger partial charge in [0.1, 0.15) is 0 Å². The van der Waals surface area contributed by atoms with Crippen LogP contribution in [0.1, 0.15) is 11.7 Å². The average molecular weight is 337 g/mol. The molecule has 124 valence electrons. The van der Waals surface area contributed by atoms with Gasteiger partial charge in [-0.05, 0) is 29.8 Å². The van der Waals surface area contributed by atoms with Crippen molar-refractivity contribution in [3.63, 3.8) is 0 Å². The molecule has 0 heterocycles. The third-order valence-corrected chi connectivity index (χ3v) is 4.75. The van der Waals surface area contributed by atoms with Crippen LogP contribution in [-0.4, -0.2) is 34.3 Å². The molecular formula is C16H19NO5S. The van der Waals surface area contributed by atoms with Crippen molar-refractivity contribution < 1.29 is 23.0 Å². The zero-order chi connectivity index (χ0) is 16.9. The molecule has 0 unspecified atom stereocenters. The van der Waals surface area contributed by atoms with Crippen LogP contribution in [-0.2, 0) is 10.0 Å². The molecule has 0 bridgehead atoms. The van der Waals surface area contributed by atoms with Crippen LogP contribution < -0.4 is 14.2 Å². The van der Waals surface area contributed by atoms with E-state index in [1.807, 2.05) is 0 Å². The van der Waals surface area contributed by atoms with Crippen LogP contribution in [0.5, 0.6) is 11.5 Å². The minimum atomic E-state index is -3.66. The van der Waals surface area contributed by atoms with Crippen LogP contribution in [0, 0.1) is 0 Å². The van der Waals surface area contributed by atoms with Crippen molar-refractivity contribution in [2.75, 3.05) is 20.8 Å². The zero-order valence-electron chi connectivity index (χ0n) is 12.9. The van der Waals surface area contributed by atoms with Gasteiger partial charge in [-0.2, -0.15) is 0 Å². The number of rotatable bonds is 7. The molecule has 2 aromatic rings. The summed E-state index contributed by atoms with van der Waals surface area (Å²) < 4.78 is 36.9. The summed E-state index contributed by atoms with van der Waals surface area (Å²) in [6, 6.07) is 12.9. The van der Waals surface area contributed by atoms with Crippen molar-refractivity contribution >= 4 is 10.0 Å². The smallest absolute Gasteiger partial charge is 0.240 e. The van der Waals surface area contributed by atoms with Gasteiger partial charge < -0.3 is 14.6 Å². The second-order valence-electron chi connectivity index (χ2n) is 4.80. The van der Waals surface area contributed by atoms with Gasteiger partial charge in [-0.25, -0.2) is 13.1 Å². The van der Waals surface area contributed by atoms with Crippen molar-refractivity contribution in [1.82, 2.24) is 4.72 Å². The first-order valence-corrected chi connectivity index (χ1v) is 8.41. The first-order valence-electron chi connectivity index (χ1n) is 6.92. The van der Waals surface area contributed by atoms with Gasteiger partial charge in [-0.15, -0.1) is 0 Å². The summed E-state index contributed by atoms with van der Waals surface area (Å²) in [6.45, 7) is -0.146. The standard InChI is InChI=1S/C16H19NO5S/c1-21-15-9-8-12(10-16(15)22-2)14(18)11-17-23(19,20)13-6-4-3-5-7-13/h3-10,14,17-18H,11H2,1-2H3/t14-/m0/s1. The molecule has 6 nitrogen and oxygen atoms in total. The zero-order valence-corrected chi connectivity index (χ0v) is 13.7. The van der Waals surface area contributed by atoms with E-state index in [0.29, 0.717) is 17.1 Å². The SMILES string of the molecule is COc1ccc([C@@H](O)CNS(=O)(=O)c2ccccc2)cc1OC. The molecule has 0 spiro atoms. The molecule has 0 aliphatic carbocycles. The summed E-state index contributed by atoms with van der Waals surface area (Å²) in [5, 5.41) is 10.2. The Bertz CT molecular complexity index is 746. The topological polar surface area (TPSA) is 84.9 Å². The Balaban J connectivity index is 2.09. The molecule has 0 aliphatic rings. The lowest BCUT2D eigenvalue weighted by molar-refractivity contribution is 0.181. The number of aliphatic hydroxyl groups excluding tert-OH is 1. The molecule has 0 fully saturated rings. The molecule has 0 saturated heterocycles. The Hall–Kier alpha value is -2.09. The van der Waals surface area contributed by atoms with Crippen molar-refractivity contribution in [3.8, 4) is 11.5 Å². The van der Waals surface area contributed by atoms with Gasteiger partial charge in [0, 0.05) is 6.54 Å². The molecule has 23 heavy (non-hydrogen) atoms. The largest absolute Gasteiger partial charge is 0.493 e. The molecular weight excluding hydrogens is 318 g/mol. The highest BCUT2D eigenvalue weighted by Crippen LogP contribution is 2.29. The molecule has 0 saturated carbocycles. The van der Waals surface area contributed by atoms with Gasteiger partial charge in [0.05, 0.1) is 25.2 Å². The highest BCUT2D eigenvalue weighted by Gasteiger charge is 2.17. The van der Waals surface area contributed by atoms with E-state index in [2.05, 4.69) is 4.72 Å². The summed E-state index contributed by atoms with van der Waals surface area (Å²) in [5.41, 5.74) is 0.526. The molecule has 0 radical (unpaired) electrons. The third kappa shape index (κ3) is 4.22. The van der Waals surface area contributed by atoms with Crippen LogP contribution in [0.15, 0.2) is 53.4 Å². The number of nitrogens with one attached hydrogen (secondary N) is 1. The molecule has 0 aromatic heterocycles. The first kappa shape index (κ1) is 17.3. The summed E-state index contributed by atoms with van der Waals surface area (Å²) in [7, 11) is -0.650. The number of ether oxygens (including phenoxy) is 2. The van der Waals surface area contributed by atoms with E-state index >= 15 is 0 Å². The highest BCUT2D eigenvalue weighted by molar-refractivity contribution is 7.89. The van der Waals surface area contributed by atoms with Crippen molar-refractivity contribution in [1.29, 1.82) is 0 Å². The predicted octanol–water partition coefficient (Wildman–Crippen LogP) is 1.72. The van der Waals surface area contributed by atoms with Crippen LogP contribution in [0.25, 0.3) is 0 Å². The summed E-state index contributed by atoms with van der Waals surface area (Å²) in [5.74, 6) is 1.00. The van der Waals surface area contributed by atoms with Crippen molar-refractivity contribution in [2.45, 2.75) is 11.0 Å². The Morgan fingerprint density at radius 2 is 1.70 bits per heavy atom. The van der Waals surface area contributed by atoms with Crippen molar-refractivity contribution in [2.24, 2.45) is 0 Å². The van der Waals surface area contributed by atoms with Gasteiger partial charge >= 0.3 is 0 Å². The number of benzene rings is 2. The fourth-order valence-corrected chi connectivity index (χ4v) is 3.11. The number of hydrogen-bond acceptors (Lipinski definition) is 5. The number of hydrogen-bond donors (Lipinski definition) is 2. The number of aliphatic hydroxyl groups is 1. The second kappa shape index (κ2) is 7.45. The van der Waals surface area contributed by atoms with E-state index in [4.69, 9.17) is 9.47 Å². The van der Waals surface area contributed by atoms with Crippen molar-refractivity contribution in [3.05, 3.63) is 54.1 Å². The van der Waals surface area contributed by atoms with E-state index in [9.17, 15) is 13.5 Å². The summed E-state index contributed by atoms with van der Waals surface area (Å²) in [4.78, 5) is 0.152. The predicted molar refractivity (Wildman–Crippen MR) is 86.1 cm³/mol. The minimum Gasteiger partial charge on any atom is -0.493 e. The molecule has 2 N–H and O–H groups in total. The molecule has 2 rings (SSSR count). The Morgan fingerprint density at radius 1 is 1.04 bits per heavy atom. The Labute approximate surface area is 135 Å². The first-order chi connectivity index (χ1) is 11.0. The quantitative estimate of drug-likeness (QED) is 0.803. The van der Waals surface area contributed by atoms with Crippen LogP contribution >= 0.6 is 0 Å². The Morgan fingerprint density at radius 3 is 2.30 bits per heavy atom. The molecule has 2 aromatic carbocycles. The van der Waals surface area contributed by atoms with Gasteiger partial charge in [-0.3, -0.25) is 0 Å². The fraction of sp³-hybridized carbons (Fsp3) is 0.250. The lowest BCUT2D eigenvalue weighted by Crippen LogP contribution is -2.28. The molecule has 1 atom stereocenters.